The Bertz CT molecular complexity index is 539. The summed E-state index contributed by atoms with van der Waals surface area (Å²) in [5, 5.41) is 10.4. The van der Waals surface area contributed by atoms with E-state index in [0.717, 1.165) is 5.69 Å². The van der Waals surface area contributed by atoms with Crippen LogP contribution in [0.1, 0.15) is 24.6 Å². The minimum atomic E-state index is -0.319. The summed E-state index contributed by atoms with van der Waals surface area (Å²) in [5.74, 6) is 1.13. The summed E-state index contributed by atoms with van der Waals surface area (Å²) < 4.78 is 10.3. The van der Waals surface area contributed by atoms with Crippen molar-refractivity contribution < 1.29 is 9.15 Å². The highest BCUT2D eigenvalue weighted by Crippen LogP contribution is 2.17. The standard InChI is InChI=1S/C10H14N6O2/c1-5-4-7(17-3)13-9(12-5)14-10-16-15-8(18-10)6(2)11/h4,6H,11H2,1-3H3,(H,12,13,14,16). The second-order valence-corrected chi connectivity index (χ2v) is 3.73. The van der Waals surface area contributed by atoms with E-state index in [0.29, 0.717) is 17.7 Å². The highest BCUT2D eigenvalue weighted by Gasteiger charge is 2.11. The Morgan fingerprint density at radius 2 is 2.17 bits per heavy atom. The molecule has 0 amide bonds. The zero-order chi connectivity index (χ0) is 13.1. The highest BCUT2D eigenvalue weighted by atomic mass is 16.5. The van der Waals surface area contributed by atoms with E-state index < -0.39 is 0 Å². The number of hydrogen-bond acceptors (Lipinski definition) is 8. The molecule has 1 unspecified atom stereocenters. The molecular weight excluding hydrogens is 236 g/mol. The molecule has 2 aromatic rings. The van der Waals surface area contributed by atoms with Crippen LogP contribution < -0.4 is 15.8 Å². The minimum absolute atomic E-state index is 0.190. The van der Waals surface area contributed by atoms with E-state index in [1.807, 2.05) is 6.92 Å². The third-order valence-electron chi connectivity index (χ3n) is 2.09. The molecule has 8 nitrogen and oxygen atoms in total. The zero-order valence-corrected chi connectivity index (χ0v) is 10.3. The fourth-order valence-electron chi connectivity index (χ4n) is 1.26. The molecule has 1 atom stereocenters. The van der Waals surface area contributed by atoms with Gasteiger partial charge in [-0.3, -0.25) is 5.32 Å². The number of aromatic nitrogens is 4. The van der Waals surface area contributed by atoms with Crippen molar-refractivity contribution in [2.75, 3.05) is 12.4 Å². The molecule has 0 fully saturated rings. The SMILES string of the molecule is COc1cc(C)nc(Nc2nnc(C(C)N)o2)n1. The van der Waals surface area contributed by atoms with Gasteiger partial charge >= 0.3 is 6.01 Å². The van der Waals surface area contributed by atoms with Gasteiger partial charge in [-0.25, -0.2) is 4.98 Å². The average Bonchev–Trinajstić information content (AvgIpc) is 2.76. The number of nitrogens with one attached hydrogen (secondary N) is 1. The van der Waals surface area contributed by atoms with Crippen molar-refractivity contribution in [3.05, 3.63) is 17.7 Å². The molecule has 0 saturated heterocycles. The van der Waals surface area contributed by atoms with Crippen LogP contribution in [0.5, 0.6) is 5.88 Å². The van der Waals surface area contributed by atoms with E-state index in [2.05, 4.69) is 25.5 Å². The molecule has 0 aliphatic heterocycles. The lowest BCUT2D eigenvalue weighted by Crippen LogP contribution is -2.04. The summed E-state index contributed by atoms with van der Waals surface area (Å²) in [6.07, 6.45) is 0. The normalized spacial score (nSPS) is 12.2. The Kier molecular flexibility index (Phi) is 3.38. The van der Waals surface area contributed by atoms with Crippen LogP contribution in [0.2, 0.25) is 0 Å². The van der Waals surface area contributed by atoms with Crippen LogP contribution in [0, 0.1) is 6.92 Å². The van der Waals surface area contributed by atoms with E-state index in [1.165, 1.54) is 7.11 Å². The van der Waals surface area contributed by atoms with Gasteiger partial charge in [-0.05, 0) is 13.8 Å². The van der Waals surface area contributed by atoms with E-state index in [4.69, 9.17) is 14.9 Å². The quantitative estimate of drug-likeness (QED) is 0.824. The van der Waals surface area contributed by atoms with Crippen molar-refractivity contribution in [3.63, 3.8) is 0 Å². The van der Waals surface area contributed by atoms with Gasteiger partial charge in [0, 0.05) is 11.8 Å². The fraction of sp³-hybridized carbons (Fsp3) is 0.400. The van der Waals surface area contributed by atoms with Crippen LogP contribution in [0.3, 0.4) is 0 Å². The third-order valence-corrected chi connectivity index (χ3v) is 2.09. The largest absolute Gasteiger partial charge is 0.481 e. The Hall–Kier alpha value is -2.22. The van der Waals surface area contributed by atoms with E-state index in [-0.39, 0.29) is 12.1 Å². The molecule has 0 spiro atoms. The number of methoxy groups -OCH3 is 1. The van der Waals surface area contributed by atoms with Gasteiger partial charge in [-0.2, -0.15) is 4.98 Å². The lowest BCUT2D eigenvalue weighted by molar-refractivity contribution is 0.397. The predicted octanol–water partition coefficient (Wildman–Crippen LogP) is 0.940. The van der Waals surface area contributed by atoms with Gasteiger partial charge in [0.25, 0.3) is 0 Å². The first-order valence-electron chi connectivity index (χ1n) is 5.34. The summed E-state index contributed by atoms with van der Waals surface area (Å²) in [6.45, 7) is 3.58. The molecule has 2 heterocycles. The number of ether oxygens (including phenoxy) is 1. The second-order valence-electron chi connectivity index (χ2n) is 3.73. The van der Waals surface area contributed by atoms with Gasteiger partial charge in [0.15, 0.2) is 0 Å². The number of hydrogen-bond donors (Lipinski definition) is 2. The van der Waals surface area contributed by atoms with Gasteiger partial charge in [0.1, 0.15) is 0 Å². The summed E-state index contributed by atoms with van der Waals surface area (Å²) in [5.41, 5.74) is 6.38. The smallest absolute Gasteiger partial charge is 0.322 e. The first-order valence-corrected chi connectivity index (χ1v) is 5.34. The lowest BCUT2D eigenvalue weighted by atomic mass is 10.4. The molecule has 18 heavy (non-hydrogen) atoms. The first kappa shape index (κ1) is 12.2. The maximum atomic E-state index is 5.61. The molecule has 0 aromatic carbocycles. The van der Waals surface area contributed by atoms with Crippen molar-refractivity contribution in [2.45, 2.75) is 19.9 Å². The van der Waals surface area contributed by atoms with E-state index in [1.54, 1.807) is 13.0 Å². The zero-order valence-electron chi connectivity index (χ0n) is 10.3. The Morgan fingerprint density at radius 1 is 1.39 bits per heavy atom. The van der Waals surface area contributed by atoms with Gasteiger partial charge < -0.3 is 14.9 Å². The Morgan fingerprint density at radius 3 is 2.78 bits per heavy atom. The predicted molar refractivity (Wildman–Crippen MR) is 63.5 cm³/mol. The van der Waals surface area contributed by atoms with Crippen molar-refractivity contribution in [1.82, 2.24) is 20.2 Å². The number of nitrogens with two attached hydrogens (primary N) is 1. The summed E-state index contributed by atoms with van der Waals surface area (Å²) in [6, 6.07) is 1.59. The van der Waals surface area contributed by atoms with Gasteiger partial charge in [-0.15, -0.1) is 5.10 Å². The molecule has 3 N–H and O–H groups in total. The third kappa shape index (κ3) is 2.72. The monoisotopic (exact) mass is 250 g/mol. The maximum Gasteiger partial charge on any atom is 0.322 e. The van der Waals surface area contributed by atoms with Crippen LogP contribution in [0.4, 0.5) is 12.0 Å². The lowest BCUT2D eigenvalue weighted by Gasteiger charge is -2.04. The van der Waals surface area contributed by atoms with Gasteiger partial charge in [0.05, 0.1) is 13.2 Å². The number of aryl methyl sites for hydroxylation is 1. The number of nitrogens with zero attached hydrogens (tertiary/aromatic N) is 4. The maximum absolute atomic E-state index is 5.61. The fourth-order valence-corrected chi connectivity index (χ4v) is 1.26. The second kappa shape index (κ2) is 4.96. The molecular formula is C10H14N6O2. The van der Waals surface area contributed by atoms with Crippen molar-refractivity contribution in [3.8, 4) is 5.88 Å². The van der Waals surface area contributed by atoms with Crippen LogP contribution in [-0.4, -0.2) is 27.3 Å². The van der Waals surface area contributed by atoms with Crippen molar-refractivity contribution in [2.24, 2.45) is 5.73 Å². The number of anilines is 2. The van der Waals surface area contributed by atoms with Gasteiger partial charge in [0.2, 0.25) is 17.7 Å². The molecule has 0 aliphatic carbocycles. The van der Waals surface area contributed by atoms with E-state index >= 15 is 0 Å². The van der Waals surface area contributed by atoms with Crippen molar-refractivity contribution >= 4 is 12.0 Å². The van der Waals surface area contributed by atoms with Crippen LogP contribution in [0.25, 0.3) is 0 Å². The molecule has 0 bridgehead atoms. The van der Waals surface area contributed by atoms with Crippen LogP contribution in [-0.2, 0) is 0 Å². The van der Waals surface area contributed by atoms with Crippen molar-refractivity contribution in [1.29, 1.82) is 0 Å². The summed E-state index contributed by atoms with van der Waals surface area (Å²) in [7, 11) is 1.53. The van der Waals surface area contributed by atoms with Crippen LogP contribution in [0.15, 0.2) is 10.5 Å². The summed E-state index contributed by atoms with van der Waals surface area (Å²) >= 11 is 0. The van der Waals surface area contributed by atoms with Gasteiger partial charge in [-0.1, -0.05) is 5.10 Å². The summed E-state index contributed by atoms with van der Waals surface area (Å²) in [4.78, 5) is 8.27. The molecule has 0 radical (unpaired) electrons. The first-order chi connectivity index (χ1) is 8.58. The number of rotatable bonds is 4. The van der Waals surface area contributed by atoms with E-state index in [9.17, 15) is 0 Å². The average molecular weight is 250 g/mol. The molecule has 0 saturated carbocycles. The Labute approximate surface area is 104 Å². The Balaban J connectivity index is 2.19. The van der Waals surface area contributed by atoms with Crippen LogP contribution >= 0.6 is 0 Å². The topological polar surface area (TPSA) is 112 Å². The molecule has 2 rings (SSSR count). The molecule has 2 aromatic heterocycles. The minimum Gasteiger partial charge on any atom is -0.481 e. The molecule has 0 aliphatic rings. The highest BCUT2D eigenvalue weighted by molar-refractivity contribution is 5.41. The molecule has 8 heteroatoms. The molecule has 96 valence electrons.